The minimum atomic E-state index is -4.61. The molecule has 15 rings (SSSR count). The monoisotopic (exact) mass is 1310 g/mol. The summed E-state index contributed by atoms with van der Waals surface area (Å²) in [6.07, 6.45) is 7.60. The van der Waals surface area contributed by atoms with Crippen LogP contribution in [0, 0.1) is 37.5 Å². The fraction of sp³-hybridized carbons (Fsp3) is 0.152. The van der Waals surface area contributed by atoms with E-state index in [9.17, 15) is 39.4 Å². The number of benzene rings is 10. The molecule has 1 heterocycles. The van der Waals surface area contributed by atoms with Crippen LogP contribution in [0.25, 0.3) is 22.3 Å². The number of ketones is 2. The number of ether oxygens (including phenoxy) is 3. The molecule has 0 aliphatic heterocycles. The van der Waals surface area contributed by atoms with Gasteiger partial charge in [0.15, 0.2) is 11.6 Å². The standard InChI is InChI=1S/C79H63NO12S3/c1-50-9-31-67(32-10-50)93(83,84)69-35-27-64(28-36-69)90-62-23-17-58(18-24-62)79(60-44-52-43-53(46-60)47-61(79)45-52)59-19-25-63(26-20-59)91-65-29-37-70(38-30-65)94(85,86)68-33-14-54(15-34-68)72-40-16-56(49-75(72)77(81)55-12-21-66(22-13-55)92-76-8-3-4-41-80-76)73-39-11-51(2)42-74(73)78(82)57-6-5-7-71(48-57)95(87,88)89/h3-42,48-49,52-53,60-61H,43-47H2,1-2H3,(H,87,88,89). The van der Waals surface area contributed by atoms with E-state index < -0.39 is 40.5 Å². The fourth-order valence-electron chi connectivity index (χ4n) is 14.6. The average molecular weight is 1310 g/mol. The van der Waals surface area contributed by atoms with Gasteiger partial charge in [-0.15, -0.1) is 0 Å². The van der Waals surface area contributed by atoms with E-state index in [1.54, 1.807) is 152 Å². The lowest BCUT2D eigenvalue weighted by atomic mass is 9.42. The van der Waals surface area contributed by atoms with E-state index in [1.807, 2.05) is 44.2 Å². The molecule has 0 radical (unpaired) electrons. The van der Waals surface area contributed by atoms with Crippen LogP contribution in [0.5, 0.6) is 34.6 Å². The first-order valence-electron chi connectivity index (χ1n) is 31.3. The van der Waals surface area contributed by atoms with E-state index in [1.165, 1.54) is 85.7 Å². The maximum Gasteiger partial charge on any atom is 0.294 e. The van der Waals surface area contributed by atoms with Crippen LogP contribution in [0.15, 0.2) is 279 Å². The highest BCUT2D eigenvalue weighted by Crippen LogP contribution is 2.65. The average Bonchev–Trinajstić information content (AvgIpc) is 0.704. The summed E-state index contributed by atoms with van der Waals surface area (Å²) in [5, 5.41) is 0. The van der Waals surface area contributed by atoms with Crippen molar-refractivity contribution in [2.75, 3.05) is 0 Å². The Bertz CT molecular complexity index is 5070. The largest absolute Gasteiger partial charge is 0.457 e. The zero-order valence-corrected chi connectivity index (χ0v) is 54.2. The molecule has 0 atom stereocenters. The second-order valence-corrected chi connectivity index (χ2v) is 30.3. The lowest BCUT2D eigenvalue weighted by Crippen LogP contribution is -2.56. The molecule has 0 unspecified atom stereocenters. The summed E-state index contributed by atoms with van der Waals surface area (Å²) in [6, 6.07) is 70.2. The Morgan fingerprint density at radius 2 is 0.832 bits per heavy atom. The summed E-state index contributed by atoms with van der Waals surface area (Å²) < 4.78 is 108. The molecule has 1 N–H and O–H groups in total. The quantitative estimate of drug-likeness (QED) is 0.0593. The number of carbonyl (C=O) groups excluding carboxylic acids is 2. The third-order valence-electron chi connectivity index (χ3n) is 19.0. The normalized spacial score (nSPS) is 18.2. The molecule has 4 bridgehead atoms. The van der Waals surface area contributed by atoms with E-state index in [-0.39, 0.29) is 47.5 Å². The molecular formula is C79H63NO12S3. The topological polar surface area (TPSA) is 197 Å². The first kappa shape index (κ1) is 62.4. The van der Waals surface area contributed by atoms with Gasteiger partial charge in [0.05, 0.1) is 24.5 Å². The molecule has 11 aromatic rings. The van der Waals surface area contributed by atoms with Crippen molar-refractivity contribution in [3.63, 3.8) is 0 Å². The number of carbonyl (C=O) groups is 2. The van der Waals surface area contributed by atoms with Crippen molar-refractivity contribution in [2.45, 2.75) is 75.8 Å². The molecule has 1 aromatic heterocycles. The molecule has 474 valence electrons. The van der Waals surface area contributed by atoms with Gasteiger partial charge in [-0.1, -0.05) is 102 Å². The van der Waals surface area contributed by atoms with Crippen molar-refractivity contribution < 1.29 is 53.6 Å². The maximum absolute atomic E-state index is 14.9. The summed E-state index contributed by atoms with van der Waals surface area (Å²) in [5.74, 6) is 4.58. The van der Waals surface area contributed by atoms with Crippen LogP contribution in [0.4, 0.5) is 0 Å². The molecule has 0 saturated heterocycles. The summed E-state index contributed by atoms with van der Waals surface area (Å²) in [7, 11) is -12.4. The van der Waals surface area contributed by atoms with Crippen molar-refractivity contribution in [2.24, 2.45) is 23.7 Å². The molecule has 10 aromatic carbocycles. The van der Waals surface area contributed by atoms with Crippen molar-refractivity contribution in [3.8, 4) is 56.9 Å². The lowest BCUT2D eigenvalue weighted by Gasteiger charge is -2.62. The molecule has 4 fully saturated rings. The molecular weight excluding hydrogens is 1250 g/mol. The number of hydrogen-bond donors (Lipinski definition) is 1. The predicted octanol–water partition coefficient (Wildman–Crippen LogP) is 17.5. The van der Waals surface area contributed by atoms with Crippen molar-refractivity contribution >= 4 is 41.4 Å². The van der Waals surface area contributed by atoms with Gasteiger partial charge in [0.1, 0.15) is 28.7 Å². The number of aromatic nitrogens is 1. The zero-order valence-electron chi connectivity index (χ0n) is 51.7. The number of nitrogens with zero attached hydrogens (tertiary/aromatic N) is 1. The smallest absolute Gasteiger partial charge is 0.294 e. The molecule has 4 aliphatic carbocycles. The third kappa shape index (κ3) is 12.3. The van der Waals surface area contributed by atoms with Gasteiger partial charge in [0.2, 0.25) is 25.6 Å². The minimum Gasteiger partial charge on any atom is -0.457 e. The first-order valence-corrected chi connectivity index (χ1v) is 35.7. The molecule has 13 nitrogen and oxygen atoms in total. The first-order chi connectivity index (χ1) is 45.8. The Morgan fingerprint density at radius 3 is 1.35 bits per heavy atom. The van der Waals surface area contributed by atoms with Crippen LogP contribution in [0.3, 0.4) is 0 Å². The molecule has 4 aliphatic rings. The van der Waals surface area contributed by atoms with Crippen LogP contribution in [-0.4, -0.2) is 46.4 Å². The minimum absolute atomic E-state index is 0.0271. The number of hydrogen-bond acceptors (Lipinski definition) is 12. The van der Waals surface area contributed by atoms with Crippen molar-refractivity contribution in [3.05, 3.63) is 299 Å². The summed E-state index contributed by atoms with van der Waals surface area (Å²) >= 11 is 0. The summed E-state index contributed by atoms with van der Waals surface area (Å²) in [4.78, 5) is 33.4. The highest BCUT2D eigenvalue weighted by atomic mass is 32.2. The van der Waals surface area contributed by atoms with Gasteiger partial charge in [-0.2, -0.15) is 8.42 Å². The maximum atomic E-state index is 14.9. The van der Waals surface area contributed by atoms with Crippen LogP contribution in [0.1, 0.15) is 86.2 Å². The van der Waals surface area contributed by atoms with E-state index in [2.05, 4.69) is 29.2 Å². The highest BCUT2D eigenvalue weighted by Gasteiger charge is 2.58. The number of aryl methyl sites for hydroxylation is 2. The SMILES string of the molecule is Cc1ccc(S(=O)(=O)c2ccc(Oc3ccc(C4(c5ccc(Oc6ccc(S(=O)(=O)c7ccc(-c8ccc(-c9ccc(C)cc9C(=O)c9cccc(S(=O)(=O)O)c9)cc8C(=O)c8ccc(Oc9ccccn9)cc8)cc7)cc6)cc5)C5CC6CC(C5)CC4C6)cc3)cc2)cc1. The van der Waals surface area contributed by atoms with Gasteiger partial charge in [-0.3, -0.25) is 14.1 Å². The van der Waals surface area contributed by atoms with Gasteiger partial charge in [-0.05, 0) is 255 Å². The van der Waals surface area contributed by atoms with Gasteiger partial charge in [-0.25, -0.2) is 21.8 Å². The molecule has 0 amide bonds. The second kappa shape index (κ2) is 25.0. The van der Waals surface area contributed by atoms with Crippen molar-refractivity contribution in [1.29, 1.82) is 0 Å². The van der Waals surface area contributed by atoms with E-state index in [4.69, 9.17) is 14.2 Å². The Balaban J connectivity index is 0.700. The third-order valence-corrected chi connectivity index (χ3v) is 23.4. The number of rotatable bonds is 19. The lowest BCUT2D eigenvalue weighted by molar-refractivity contribution is -0.0418. The van der Waals surface area contributed by atoms with E-state index >= 15 is 0 Å². The van der Waals surface area contributed by atoms with Crippen LogP contribution < -0.4 is 14.2 Å². The van der Waals surface area contributed by atoms with Gasteiger partial charge >= 0.3 is 0 Å². The van der Waals surface area contributed by atoms with Crippen LogP contribution in [-0.2, 0) is 35.2 Å². The van der Waals surface area contributed by atoms with Gasteiger partial charge in [0, 0.05) is 39.9 Å². The van der Waals surface area contributed by atoms with Crippen LogP contribution in [0.2, 0.25) is 0 Å². The number of sulfone groups is 2. The summed E-state index contributed by atoms with van der Waals surface area (Å²) in [5.41, 5.74) is 6.81. The second-order valence-electron chi connectivity index (χ2n) is 25.0. The predicted molar refractivity (Wildman–Crippen MR) is 362 cm³/mol. The Kier molecular flexibility index (Phi) is 16.4. The molecule has 95 heavy (non-hydrogen) atoms. The molecule has 4 saturated carbocycles. The van der Waals surface area contributed by atoms with E-state index in [0.29, 0.717) is 74.3 Å². The summed E-state index contributed by atoms with van der Waals surface area (Å²) in [6.45, 7) is 3.73. The van der Waals surface area contributed by atoms with Gasteiger partial charge in [0.25, 0.3) is 10.1 Å². The van der Waals surface area contributed by atoms with Crippen molar-refractivity contribution in [1.82, 2.24) is 4.98 Å². The molecule has 0 spiro atoms. The Morgan fingerprint density at radius 1 is 0.400 bits per heavy atom. The highest BCUT2D eigenvalue weighted by molar-refractivity contribution is 7.91. The zero-order chi connectivity index (χ0) is 65.8. The molecule has 16 heteroatoms. The Hall–Kier alpha value is -10.1. The Labute approximate surface area is 552 Å². The number of pyridine rings is 1. The fourth-order valence-corrected chi connectivity index (χ4v) is 17.7. The van der Waals surface area contributed by atoms with Crippen LogP contribution >= 0.6 is 0 Å². The van der Waals surface area contributed by atoms with E-state index in [0.717, 1.165) is 29.0 Å². The van der Waals surface area contributed by atoms with Gasteiger partial charge < -0.3 is 14.2 Å².